The molecule has 1 aliphatic heterocycles. The minimum atomic E-state index is -3.45. The van der Waals surface area contributed by atoms with Crippen LogP contribution in [0.2, 0.25) is 0 Å². The molecule has 0 spiro atoms. The molecule has 6 heteroatoms. The Kier molecular flexibility index (Phi) is 3.82. The van der Waals surface area contributed by atoms with Crippen LogP contribution in [-0.4, -0.2) is 14.2 Å². The second-order valence-electron chi connectivity index (χ2n) is 5.61. The molecule has 0 radical (unpaired) electrons. The maximum atomic E-state index is 11.8. The van der Waals surface area contributed by atoms with E-state index in [2.05, 4.69) is 4.40 Å². The lowest BCUT2D eigenvalue weighted by Crippen LogP contribution is -2.43. The van der Waals surface area contributed by atoms with Gasteiger partial charge in [0, 0.05) is 0 Å². The van der Waals surface area contributed by atoms with Gasteiger partial charge >= 0.3 is 15.5 Å². The molecule has 0 amide bonds. The Morgan fingerprint density at radius 2 is 1.60 bits per heavy atom. The summed E-state index contributed by atoms with van der Waals surface area (Å²) in [5.41, 5.74) is 2.05. The molecule has 5 nitrogen and oxygen atoms in total. The Bertz CT molecular complexity index is 1140. The van der Waals surface area contributed by atoms with E-state index < -0.39 is 10.0 Å². The van der Waals surface area contributed by atoms with Crippen molar-refractivity contribution in [3.63, 3.8) is 0 Å². The standard InChI is InChI=1S/C19H15N2O3S/c22-25(23)14-13-21-12-4-7-18(19(21)20-25)15-8-10-17(11-9-15)24-16-5-2-1-3-6-16/h1-13H,14H2/q+1. The highest BCUT2D eigenvalue weighted by Gasteiger charge is 2.22. The van der Waals surface area contributed by atoms with Crippen LogP contribution in [0.1, 0.15) is 0 Å². The molecular formula is C19H15N2O3S+. The Labute approximate surface area is 145 Å². The highest BCUT2D eigenvalue weighted by molar-refractivity contribution is 7.90. The molecule has 2 aromatic carbocycles. The SMILES string of the molecule is O=S1(=O)CC=[n+]2cccc(-c3ccc(Oc4ccccc4)cc3)c2=N1. The maximum absolute atomic E-state index is 11.8. The number of rotatable bonds is 3. The molecule has 0 bridgehead atoms. The lowest BCUT2D eigenvalue weighted by molar-refractivity contribution is -0.528. The molecule has 4 rings (SSSR count). The number of sulfonamides is 1. The Morgan fingerprint density at radius 1 is 0.880 bits per heavy atom. The first-order valence-corrected chi connectivity index (χ1v) is 9.38. The molecular weight excluding hydrogens is 336 g/mol. The van der Waals surface area contributed by atoms with E-state index in [1.54, 1.807) is 16.7 Å². The molecule has 0 fully saturated rings. The van der Waals surface area contributed by atoms with E-state index in [0.29, 0.717) is 11.2 Å². The van der Waals surface area contributed by atoms with E-state index in [0.717, 1.165) is 16.9 Å². The van der Waals surface area contributed by atoms with E-state index in [1.165, 1.54) is 0 Å². The lowest BCUT2D eigenvalue weighted by atomic mass is 10.1. The lowest BCUT2D eigenvalue weighted by Gasteiger charge is -2.06. The van der Waals surface area contributed by atoms with Gasteiger partial charge < -0.3 is 4.74 Å². The van der Waals surface area contributed by atoms with Crippen LogP contribution < -0.4 is 14.5 Å². The van der Waals surface area contributed by atoms with Crippen molar-refractivity contribution >= 4 is 10.0 Å². The number of benzene rings is 2. The first-order chi connectivity index (χ1) is 12.1. The molecule has 25 heavy (non-hydrogen) atoms. The summed E-state index contributed by atoms with van der Waals surface area (Å²) in [5, 5.41) is 0. The topological polar surface area (TPSA) is 61.6 Å². The summed E-state index contributed by atoms with van der Waals surface area (Å²) < 4.78 is 35.1. The van der Waals surface area contributed by atoms with Gasteiger partial charge in [-0.3, -0.25) is 0 Å². The van der Waals surface area contributed by atoms with Gasteiger partial charge in [-0.1, -0.05) is 30.3 Å². The Hall–Kier alpha value is -2.99. The number of nitrogens with zero attached hydrogens (tertiary/aromatic N) is 2. The molecule has 1 aliphatic rings. The number of para-hydroxylation sites is 1. The number of ether oxygens (including phenoxy) is 1. The first-order valence-electron chi connectivity index (χ1n) is 7.77. The largest absolute Gasteiger partial charge is 0.457 e. The second-order valence-corrected chi connectivity index (χ2v) is 7.29. The van der Waals surface area contributed by atoms with Crippen molar-refractivity contribution in [3.8, 4) is 22.6 Å². The fourth-order valence-electron chi connectivity index (χ4n) is 2.66. The van der Waals surface area contributed by atoms with E-state index in [-0.39, 0.29) is 5.75 Å². The summed E-state index contributed by atoms with van der Waals surface area (Å²) in [4.78, 5) is 0. The average Bonchev–Trinajstić information content (AvgIpc) is 2.62. The Morgan fingerprint density at radius 3 is 2.36 bits per heavy atom. The monoisotopic (exact) mass is 351 g/mol. The molecule has 3 aromatic rings. The van der Waals surface area contributed by atoms with E-state index in [4.69, 9.17) is 4.74 Å². The molecule has 0 N–H and O–H groups in total. The summed E-state index contributed by atoms with van der Waals surface area (Å²) in [6, 6.07) is 20.8. The van der Waals surface area contributed by atoms with Crippen LogP contribution in [0.15, 0.2) is 77.3 Å². The highest BCUT2D eigenvalue weighted by atomic mass is 32.2. The van der Waals surface area contributed by atoms with Gasteiger partial charge in [-0.2, -0.15) is 8.42 Å². The molecule has 0 saturated heterocycles. The fraction of sp³-hybridized carbons (Fsp3) is 0.0526. The van der Waals surface area contributed by atoms with Gasteiger partial charge in [0.1, 0.15) is 17.3 Å². The predicted octanol–water partition coefficient (Wildman–Crippen LogP) is 2.41. The molecule has 124 valence electrons. The van der Waals surface area contributed by atoms with Crippen LogP contribution >= 0.6 is 0 Å². The molecule has 1 aromatic heterocycles. The Balaban J connectivity index is 1.73. The predicted molar refractivity (Wildman–Crippen MR) is 93.2 cm³/mol. The summed E-state index contributed by atoms with van der Waals surface area (Å²) >= 11 is 0. The number of aromatic nitrogens is 1. The van der Waals surface area contributed by atoms with Crippen molar-refractivity contribution in [1.29, 1.82) is 0 Å². The zero-order valence-electron chi connectivity index (χ0n) is 13.2. The van der Waals surface area contributed by atoms with Crippen LogP contribution in [0.4, 0.5) is 0 Å². The average molecular weight is 351 g/mol. The molecule has 0 aliphatic carbocycles. The smallest absolute Gasteiger partial charge is 0.349 e. The van der Waals surface area contributed by atoms with E-state index in [9.17, 15) is 8.42 Å². The van der Waals surface area contributed by atoms with Crippen molar-refractivity contribution in [1.82, 2.24) is 0 Å². The number of pyridine rings is 1. The van der Waals surface area contributed by atoms with Crippen LogP contribution in [0, 0.1) is 6.21 Å². The van der Waals surface area contributed by atoms with Gasteiger partial charge in [-0.15, -0.1) is 0 Å². The van der Waals surface area contributed by atoms with Gasteiger partial charge in [0.2, 0.25) is 0 Å². The van der Waals surface area contributed by atoms with E-state index >= 15 is 0 Å². The maximum Gasteiger partial charge on any atom is 0.349 e. The van der Waals surface area contributed by atoms with Crippen molar-refractivity contribution < 1.29 is 17.4 Å². The summed E-state index contributed by atoms with van der Waals surface area (Å²) in [6.07, 6.45) is 3.41. The second kappa shape index (κ2) is 6.14. The minimum Gasteiger partial charge on any atom is -0.457 e. The summed E-state index contributed by atoms with van der Waals surface area (Å²) in [6.45, 7) is 0. The fourth-order valence-corrected chi connectivity index (χ4v) is 3.54. The molecule has 0 saturated carbocycles. The van der Waals surface area contributed by atoms with Crippen LogP contribution in [0.3, 0.4) is 0 Å². The van der Waals surface area contributed by atoms with Crippen molar-refractivity contribution in [2.45, 2.75) is 0 Å². The zero-order valence-corrected chi connectivity index (χ0v) is 14.1. The third-order valence-electron chi connectivity index (χ3n) is 3.85. The van der Waals surface area contributed by atoms with Crippen LogP contribution in [0.5, 0.6) is 11.5 Å². The van der Waals surface area contributed by atoms with Crippen LogP contribution in [0.25, 0.3) is 11.1 Å². The van der Waals surface area contributed by atoms with Crippen molar-refractivity contribution in [2.24, 2.45) is 4.40 Å². The van der Waals surface area contributed by atoms with Gasteiger partial charge in [0.25, 0.3) is 0 Å². The molecule has 0 unspecified atom stereocenters. The number of hydrogen-bond acceptors (Lipinski definition) is 3. The summed E-state index contributed by atoms with van der Waals surface area (Å²) in [5.74, 6) is 1.39. The van der Waals surface area contributed by atoms with Crippen LogP contribution in [-0.2, 0) is 10.0 Å². The number of fused-ring (bicyclic) bond motifs is 1. The van der Waals surface area contributed by atoms with Gasteiger partial charge in [0.15, 0.2) is 0 Å². The quantitative estimate of drug-likeness (QED) is 0.681. The third-order valence-corrected chi connectivity index (χ3v) is 4.87. The molecule has 2 heterocycles. The zero-order chi connectivity index (χ0) is 17.3. The third kappa shape index (κ3) is 3.29. The van der Waals surface area contributed by atoms with Gasteiger partial charge in [-0.05, 0) is 42.0 Å². The van der Waals surface area contributed by atoms with Crippen molar-refractivity contribution in [3.05, 3.63) is 84.6 Å². The molecule has 0 atom stereocenters. The summed E-state index contributed by atoms with van der Waals surface area (Å²) in [7, 11) is -3.45. The first kappa shape index (κ1) is 15.5. The highest BCUT2D eigenvalue weighted by Crippen LogP contribution is 2.24. The number of hydrogen-bond donors (Lipinski definition) is 0. The van der Waals surface area contributed by atoms with Gasteiger partial charge in [0.05, 0.1) is 22.4 Å². The minimum absolute atomic E-state index is 0.0853. The van der Waals surface area contributed by atoms with Gasteiger partial charge in [-0.25, -0.2) is 4.24 Å². The van der Waals surface area contributed by atoms with E-state index in [1.807, 2.05) is 66.7 Å². The normalized spacial score (nSPS) is 14.7. The van der Waals surface area contributed by atoms with Crippen molar-refractivity contribution in [2.75, 3.05) is 5.75 Å².